The number of nitrogens with one attached hydrogen (secondary N) is 1. The minimum Gasteiger partial charge on any atom is -0.379 e. The van der Waals surface area contributed by atoms with Gasteiger partial charge in [-0.15, -0.1) is 0 Å². The van der Waals surface area contributed by atoms with Gasteiger partial charge in [-0.3, -0.25) is 19.4 Å². The summed E-state index contributed by atoms with van der Waals surface area (Å²) in [6, 6.07) is -0.346. The molecule has 1 N–H and O–H groups in total. The molecule has 7 heteroatoms. The molecule has 0 spiro atoms. The number of hydrogen-bond acceptors (Lipinski definition) is 5. The molecule has 2 aliphatic heterocycles. The van der Waals surface area contributed by atoms with Crippen molar-refractivity contribution in [3.05, 3.63) is 0 Å². The quantitative estimate of drug-likeness (QED) is 0.629. The van der Waals surface area contributed by atoms with Crippen molar-refractivity contribution in [2.75, 3.05) is 66.1 Å². The number of morpholine rings is 1. The van der Waals surface area contributed by atoms with Crippen LogP contribution < -0.4 is 5.32 Å². The Labute approximate surface area is 164 Å². The molecule has 2 saturated heterocycles. The molecule has 0 bridgehead atoms. The second-order valence-electron chi connectivity index (χ2n) is 9.02. The van der Waals surface area contributed by atoms with E-state index in [0.29, 0.717) is 6.54 Å². The average Bonchev–Trinajstić information content (AvgIpc) is 2.61. The maximum atomic E-state index is 12.7. The van der Waals surface area contributed by atoms with Gasteiger partial charge in [0.1, 0.15) is 0 Å². The normalized spacial score (nSPS) is 22.5. The van der Waals surface area contributed by atoms with E-state index in [4.69, 9.17) is 4.74 Å². The topological polar surface area (TPSA) is 65.1 Å². The zero-order chi connectivity index (χ0) is 19.9. The molecule has 2 rings (SSSR count). The molecule has 2 heterocycles. The molecule has 0 saturated carbocycles. The highest BCUT2D eigenvalue weighted by molar-refractivity contribution is 5.88. The Morgan fingerprint density at radius 2 is 1.93 bits per heavy atom. The summed E-state index contributed by atoms with van der Waals surface area (Å²) in [4.78, 5) is 31.4. The van der Waals surface area contributed by atoms with E-state index >= 15 is 0 Å². The van der Waals surface area contributed by atoms with E-state index in [1.807, 2.05) is 7.05 Å². The first-order valence-corrected chi connectivity index (χ1v) is 10.3. The van der Waals surface area contributed by atoms with Crippen LogP contribution in [-0.2, 0) is 14.3 Å². The highest BCUT2D eigenvalue weighted by Gasteiger charge is 2.34. The average molecular weight is 383 g/mol. The smallest absolute Gasteiger partial charge is 0.237 e. The van der Waals surface area contributed by atoms with Gasteiger partial charge in [0, 0.05) is 46.3 Å². The Morgan fingerprint density at radius 3 is 2.59 bits per heavy atom. The molecule has 0 aliphatic carbocycles. The van der Waals surface area contributed by atoms with Crippen molar-refractivity contribution >= 4 is 11.8 Å². The van der Waals surface area contributed by atoms with Crippen molar-refractivity contribution in [3.8, 4) is 0 Å². The molecule has 0 unspecified atom stereocenters. The van der Waals surface area contributed by atoms with E-state index in [1.54, 1.807) is 4.90 Å². The van der Waals surface area contributed by atoms with Crippen molar-refractivity contribution < 1.29 is 14.3 Å². The molecule has 0 radical (unpaired) electrons. The summed E-state index contributed by atoms with van der Waals surface area (Å²) in [5.74, 6) is 0.0434. The van der Waals surface area contributed by atoms with Gasteiger partial charge in [-0.25, -0.2) is 0 Å². The molecule has 1 atom stereocenters. The van der Waals surface area contributed by atoms with Crippen LogP contribution in [0.15, 0.2) is 0 Å². The van der Waals surface area contributed by atoms with E-state index in [0.717, 1.165) is 65.3 Å². The van der Waals surface area contributed by atoms with Gasteiger partial charge in [0.25, 0.3) is 0 Å². The van der Waals surface area contributed by atoms with E-state index in [2.05, 4.69) is 35.9 Å². The number of hydrogen-bond donors (Lipinski definition) is 1. The third-order valence-corrected chi connectivity index (χ3v) is 5.23. The first-order valence-electron chi connectivity index (χ1n) is 10.3. The van der Waals surface area contributed by atoms with Crippen molar-refractivity contribution in [2.24, 2.45) is 5.41 Å². The van der Waals surface area contributed by atoms with E-state index in [-0.39, 0.29) is 29.7 Å². The Morgan fingerprint density at radius 1 is 1.22 bits per heavy atom. The summed E-state index contributed by atoms with van der Waals surface area (Å²) in [6.45, 7) is 14.3. The number of carbonyl (C=O) groups is 2. The minimum absolute atomic E-state index is 0.0143. The largest absolute Gasteiger partial charge is 0.379 e. The number of carbonyl (C=O) groups excluding carboxylic acids is 2. The third-order valence-electron chi connectivity index (χ3n) is 5.23. The fraction of sp³-hybridized carbons (Fsp3) is 0.900. The van der Waals surface area contributed by atoms with Gasteiger partial charge in [0.05, 0.1) is 25.7 Å². The molecule has 2 aliphatic rings. The fourth-order valence-electron chi connectivity index (χ4n) is 3.74. The molecule has 27 heavy (non-hydrogen) atoms. The minimum atomic E-state index is -0.346. The lowest BCUT2D eigenvalue weighted by atomic mass is 9.94. The number of rotatable bonds is 8. The molecule has 0 aromatic heterocycles. The Kier molecular flexibility index (Phi) is 8.51. The number of amides is 2. The Hall–Kier alpha value is -1.18. The number of ether oxygens (including phenoxy) is 1. The molecule has 7 nitrogen and oxygen atoms in total. The monoisotopic (exact) mass is 382 g/mol. The highest BCUT2D eigenvalue weighted by atomic mass is 16.5. The van der Waals surface area contributed by atoms with Gasteiger partial charge < -0.3 is 15.0 Å². The van der Waals surface area contributed by atoms with Gasteiger partial charge >= 0.3 is 0 Å². The van der Waals surface area contributed by atoms with Crippen LogP contribution in [0.2, 0.25) is 0 Å². The lowest BCUT2D eigenvalue weighted by Crippen LogP contribution is -2.58. The van der Waals surface area contributed by atoms with Crippen LogP contribution in [0.1, 0.15) is 40.0 Å². The van der Waals surface area contributed by atoms with Crippen LogP contribution in [-0.4, -0.2) is 98.6 Å². The number of nitrogens with zero attached hydrogens (tertiary/aromatic N) is 3. The van der Waals surface area contributed by atoms with Gasteiger partial charge in [0.15, 0.2) is 0 Å². The summed E-state index contributed by atoms with van der Waals surface area (Å²) in [5.41, 5.74) is 0.101. The highest BCUT2D eigenvalue weighted by Crippen LogP contribution is 2.20. The predicted octanol–water partition coefficient (Wildman–Crippen LogP) is 0.794. The zero-order valence-electron chi connectivity index (χ0n) is 17.6. The van der Waals surface area contributed by atoms with Crippen molar-refractivity contribution in [2.45, 2.75) is 46.1 Å². The summed E-state index contributed by atoms with van der Waals surface area (Å²) in [5, 5.41) is 2.91. The summed E-state index contributed by atoms with van der Waals surface area (Å²) in [6.07, 6.45) is 2.34. The summed E-state index contributed by atoms with van der Waals surface area (Å²) >= 11 is 0. The van der Waals surface area contributed by atoms with Gasteiger partial charge in [-0.2, -0.15) is 0 Å². The number of piperazine rings is 1. The Balaban J connectivity index is 1.74. The predicted molar refractivity (Wildman–Crippen MR) is 107 cm³/mol. The van der Waals surface area contributed by atoms with E-state index < -0.39 is 0 Å². The third kappa shape index (κ3) is 7.76. The fourth-order valence-corrected chi connectivity index (χ4v) is 3.74. The molecule has 0 aromatic carbocycles. The van der Waals surface area contributed by atoms with Gasteiger partial charge in [-0.1, -0.05) is 20.8 Å². The standard InChI is InChI=1S/C20H38N4O3/c1-20(2,3)16-24-10-7-21-19(26)17(24)15-18(25)22(4)8-5-6-9-23-11-13-27-14-12-23/h17H,5-16H2,1-4H3,(H,21,26)/t17-/m1/s1. The molecular weight excluding hydrogens is 344 g/mol. The Bertz CT molecular complexity index is 486. The first kappa shape index (κ1) is 22.1. The zero-order valence-corrected chi connectivity index (χ0v) is 17.6. The van der Waals surface area contributed by atoms with Crippen LogP contribution in [0.3, 0.4) is 0 Å². The van der Waals surface area contributed by atoms with Gasteiger partial charge in [-0.05, 0) is 24.8 Å². The van der Waals surface area contributed by atoms with Gasteiger partial charge in [0.2, 0.25) is 11.8 Å². The summed E-state index contributed by atoms with van der Waals surface area (Å²) < 4.78 is 5.36. The number of unbranched alkanes of at least 4 members (excludes halogenated alkanes) is 1. The first-order chi connectivity index (χ1) is 12.8. The van der Waals surface area contributed by atoms with Crippen molar-refractivity contribution in [1.29, 1.82) is 0 Å². The van der Waals surface area contributed by atoms with Crippen LogP contribution >= 0.6 is 0 Å². The maximum absolute atomic E-state index is 12.7. The lowest BCUT2D eigenvalue weighted by molar-refractivity contribution is -0.138. The second kappa shape index (κ2) is 10.4. The molecule has 2 amide bonds. The van der Waals surface area contributed by atoms with Crippen molar-refractivity contribution in [1.82, 2.24) is 20.0 Å². The van der Waals surface area contributed by atoms with Crippen molar-refractivity contribution in [3.63, 3.8) is 0 Å². The van der Waals surface area contributed by atoms with Crippen LogP contribution in [0.5, 0.6) is 0 Å². The van der Waals surface area contributed by atoms with Crippen LogP contribution in [0.4, 0.5) is 0 Å². The van der Waals surface area contributed by atoms with E-state index in [1.165, 1.54) is 0 Å². The van der Waals surface area contributed by atoms with E-state index in [9.17, 15) is 9.59 Å². The molecule has 0 aromatic rings. The molecule has 2 fully saturated rings. The van der Waals surface area contributed by atoms with Crippen LogP contribution in [0, 0.1) is 5.41 Å². The molecule has 156 valence electrons. The molecular formula is C20H38N4O3. The SMILES string of the molecule is CN(CCCCN1CCOCC1)C(=O)C[C@@H]1C(=O)NCCN1CC(C)(C)C. The van der Waals surface area contributed by atoms with Crippen LogP contribution in [0.25, 0.3) is 0 Å². The maximum Gasteiger partial charge on any atom is 0.237 e. The lowest BCUT2D eigenvalue weighted by Gasteiger charge is -2.39. The summed E-state index contributed by atoms with van der Waals surface area (Å²) in [7, 11) is 1.85. The second-order valence-corrected chi connectivity index (χ2v) is 9.02.